The number of hydrogen-bond acceptors (Lipinski definition) is 2. The molecule has 0 fully saturated rings. The molecule has 1 aromatic carbocycles. The quantitative estimate of drug-likeness (QED) is 0.880. The molecule has 2 rings (SSSR count). The molecule has 0 aliphatic carbocycles. The maximum atomic E-state index is 4.62. The van der Waals surface area contributed by atoms with Gasteiger partial charge < -0.3 is 5.32 Å². The number of aromatic nitrogens is 2. The number of anilines is 1. The van der Waals surface area contributed by atoms with Crippen LogP contribution in [-0.2, 0) is 13.0 Å². The van der Waals surface area contributed by atoms with Crippen molar-refractivity contribution < 1.29 is 0 Å². The van der Waals surface area contributed by atoms with Crippen molar-refractivity contribution in [2.45, 2.75) is 53.6 Å². The fourth-order valence-corrected chi connectivity index (χ4v) is 2.68. The average Bonchev–Trinajstić information content (AvgIpc) is 2.72. The lowest BCUT2D eigenvalue weighted by molar-refractivity contribution is 0.516. The van der Waals surface area contributed by atoms with Gasteiger partial charge in [0.15, 0.2) is 0 Å². The van der Waals surface area contributed by atoms with E-state index in [1.165, 1.54) is 22.5 Å². The molecule has 0 saturated carbocycles. The number of aryl methyl sites for hydroxylation is 2. The Labute approximate surface area is 122 Å². The first kappa shape index (κ1) is 14.6. The van der Waals surface area contributed by atoms with Crippen molar-refractivity contribution in [1.29, 1.82) is 0 Å². The van der Waals surface area contributed by atoms with Gasteiger partial charge in [-0.1, -0.05) is 31.2 Å². The Balaban J connectivity index is 2.19. The van der Waals surface area contributed by atoms with Gasteiger partial charge in [0, 0.05) is 12.6 Å². The highest BCUT2D eigenvalue weighted by atomic mass is 15.3. The fraction of sp³-hybridized carbons (Fsp3) is 0.471. The molecule has 1 heterocycles. The van der Waals surface area contributed by atoms with Gasteiger partial charge in [0.25, 0.3) is 0 Å². The summed E-state index contributed by atoms with van der Waals surface area (Å²) in [6.45, 7) is 11.6. The molecule has 2 aromatic rings. The van der Waals surface area contributed by atoms with Crippen LogP contribution in [0.2, 0.25) is 0 Å². The molecule has 0 aliphatic heterocycles. The molecule has 3 nitrogen and oxygen atoms in total. The average molecular weight is 271 g/mol. The van der Waals surface area contributed by atoms with Gasteiger partial charge in [-0.3, -0.25) is 4.68 Å². The minimum absolute atomic E-state index is 0.396. The van der Waals surface area contributed by atoms with E-state index in [1.807, 2.05) is 0 Å². The van der Waals surface area contributed by atoms with Crippen LogP contribution in [-0.4, -0.2) is 9.78 Å². The van der Waals surface area contributed by atoms with Crippen LogP contribution in [0.5, 0.6) is 0 Å². The summed E-state index contributed by atoms with van der Waals surface area (Å²) >= 11 is 0. The second kappa shape index (κ2) is 6.12. The van der Waals surface area contributed by atoms with E-state index in [9.17, 15) is 0 Å². The molecule has 0 spiro atoms. The molecule has 1 N–H and O–H groups in total. The monoisotopic (exact) mass is 271 g/mol. The standard InChI is InChI=1S/C17H25N3/c1-6-15-9-7-8-10-16(15)11-18-17-13(4)19-20(12(2)3)14(17)5/h7-10,12,18H,6,11H2,1-5H3. The lowest BCUT2D eigenvalue weighted by Crippen LogP contribution is -2.06. The SMILES string of the molecule is CCc1ccccc1CNc1c(C)nn(C(C)C)c1C. The molecule has 0 aliphatic rings. The van der Waals surface area contributed by atoms with Crippen LogP contribution in [0, 0.1) is 13.8 Å². The second-order valence-electron chi connectivity index (χ2n) is 5.56. The van der Waals surface area contributed by atoms with E-state index in [1.54, 1.807) is 0 Å². The Morgan fingerprint density at radius 2 is 1.80 bits per heavy atom. The zero-order chi connectivity index (χ0) is 14.7. The minimum atomic E-state index is 0.396. The first-order chi connectivity index (χ1) is 9.54. The third kappa shape index (κ3) is 2.87. The number of rotatable bonds is 5. The van der Waals surface area contributed by atoms with E-state index in [4.69, 9.17) is 0 Å². The first-order valence-electron chi connectivity index (χ1n) is 7.41. The van der Waals surface area contributed by atoms with Crippen LogP contribution in [0.25, 0.3) is 0 Å². The van der Waals surface area contributed by atoms with Crippen molar-refractivity contribution in [2.24, 2.45) is 0 Å². The van der Waals surface area contributed by atoms with E-state index in [0.717, 1.165) is 18.7 Å². The van der Waals surface area contributed by atoms with Crippen LogP contribution in [0.15, 0.2) is 24.3 Å². The third-order valence-corrected chi connectivity index (χ3v) is 3.77. The summed E-state index contributed by atoms with van der Waals surface area (Å²) in [5, 5.41) is 8.18. The van der Waals surface area contributed by atoms with Crippen LogP contribution < -0.4 is 5.32 Å². The van der Waals surface area contributed by atoms with Crippen LogP contribution in [0.1, 0.15) is 49.3 Å². The molecule has 0 bridgehead atoms. The van der Waals surface area contributed by atoms with Crippen LogP contribution in [0.3, 0.4) is 0 Å². The smallest absolute Gasteiger partial charge is 0.0828 e. The van der Waals surface area contributed by atoms with E-state index in [0.29, 0.717) is 6.04 Å². The summed E-state index contributed by atoms with van der Waals surface area (Å²) in [7, 11) is 0. The topological polar surface area (TPSA) is 29.9 Å². The van der Waals surface area contributed by atoms with Gasteiger partial charge >= 0.3 is 0 Å². The Kier molecular flexibility index (Phi) is 4.48. The summed E-state index contributed by atoms with van der Waals surface area (Å²) in [5.74, 6) is 0. The van der Waals surface area contributed by atoms with Crippen LogP contribution in [0.4, 0.5) is 5.69 Å². The van der Waals surface area contributed by atoms with Crippen molar-refractivity contribution in [3.8, 4) is 0 Å². The van der Waals surface area contributed by atoms with E-state index < -0.39 is 0 Å². The van der Waals surface area contributed by atoms with Crippen molar-refractivity contribution in [2.75, 3.05) is 5.32 Å². The molecular weight excluding hydrogens is 246 g/mol. The highest BCUT2D eigenvalue weighted by molar-refractivity contribution is 5.52. The molecular formula is C17H25N3. The Bertz CT molecular complexity index is 582. The Hall–Kier alpha value is -1.77. The minimum Gasteiger partial charge on any atom is -0.378 e. The lowest BCUT2D eigenvalue weighted by Gasteiger charge is -2.12. The number of benzene rings is 1. The van der Waals surface area contributed by atoms with Gasteiger partial charge in [-0.2, -0.15) is 5.10 Å². The summed E-state index contributed by atoms with van der Waals surface area (Å²) in [6.07, 6.45) is 1.07. The molecule has 1 aromatic heterocycles. The fourth-order valence-electron chi connectivity index (χ4n) is 2.68. The Morgan fingerprint density at radius 3 is 2.35 bits per heavy atom. The molecule has 0 saturated heterocycles. The summed E-state index contributed by atoms with van der Waals surface area (Å²) < 4.78 is 2.09. The predicted octanol–water partition coefficient (Wildman–Crippen LogP) is 4.26. The third-order valence-electron chi connectivity index (χ3n) is 3.77. The highest BCUT2D eigenvalue weighted by Crippen LogP contribution is 2.23. The molecule has 108 valence electrons. The number of hydrogen-bond donors (Lipinski definition) is 1. The van der Waals surface area contributed by atoms with Gasteiger partial charge in [0.1, 0.15) is 0 Å². The number of nitrogens with one attached hydrogen (secondary N) is 1. The zero-order valence-electron chi connectivity index (χ0n) is 13.2. The van der Waals surface area contributed by atoms with E-state index in [2.05, 4.69) is 74.0 Å². The van der Waals surface area contributed by atoms with Crippen LogP contribution >= 0.6 is 0 Å². The first-order valence-corrected chi connectivity index (χ1v) is 7.41. The molecule has 3 heteroatoms. The molecule has 0 amide bonds. The van der Waals surface area contributed by atoms with Gasteiger partial charge in [-0.15, -0.1) is 0 Å². The predicted molar refractivity (Wildman–Crippen MR) is 85.2 cm³/mol. The van der Waals surface area contributed by atoms with Crippen molar-refractivity contribution in [1.82, 2.24) is 9.78 Å². The number of nitrogens with zero attached hydrogens (tertiary/aromatic N) is 2. The van der Waals surface area contributed by atoms with E-state index in [-0.39, 0.29) is 0 Å². The lowest BCUT2D eigenvalue weighted by atomic mass is 10.1. The second-order valence-corrected chi connectivity index (χ2v) is 5.56. The summed E-state index contributed by atoms with van der Waals surface area (Å²) in [5.41, 5.74) is 6.24. The summed E-state index contributed by atoms with van der Waals surface area (Å²) in [4.78, 5) is 0. The Morgan fingerprint density at radius 1 is 1.15 bits per heavy atom. The normalized spacial score (nSPS) is 11.1. The summed E-state index contributed by atoms with van der Waals surface area (Å²) in [6, 6.07) is 9.01. The van der Waals surface area contributed by atoms with Gasteiger partial charge in [0.2, 0.25) is 0 Å². The van der Waals surface area contributed by atoms with Gasteiger partial charge in [-0.25, -0.2) is 0 Å². The highest BCUT2D eigenvalue weighted by Gasteiger charge is 2.13. The van der Waals surface area contributed by atoms with Crippen molar-refractivity contribution in [3.05, 3.63) is 46.8 Å². The van der Waals surface area contributed by atoms with Gasteiger partial charge in [0.05, 0.1) is 17.1 Å². The van der Waals surface area contributed by atoms with E-state index >= 15 is 0 Å². The maximum absolute atomic E-state index is 4.62. The van der Waals surface area contributed by atoms with Crippen molar-refractivity contribution in [3.63, 3.8) is 0 Å². The van der Waals surface area contributed by atoms with Gasteiger partial charge in [-0.05, 0) is 45.2 Å². The zero-order valence-corrected chi connectivity index (χ0v) is 13.2. The maximum Gasteiger partial charge on any atom is 0.0828 e. The largest absolute Gasteiger partial charge is 0.378 e. The molecule has 0 atom stereocenters. The molecule has 0 radical (unpaired) electrons. The molecule has 20 heavy (non-hydrogen) atoms. The molecule has 0 unspecified atom stereocenters. The van der Waals surface area contributed by atoms with Crippen molar-refractivity contribution >= 4 is 5.69 Å².